The van der Waals surface area contributed by atoms with Gasteiger partial charge < -0.3 is 9.30 Å². The van der Waals surface area contributed by atoms with Gasteiger partial charge in [0, 0.05) is 26.0 Å². The van der Waals surface area contributed by atoms with E-state index in [0.717, 1.165) is 43.5 Å². The van der Waals surface area contributed by atoms with Crippen LogP contribution in [0, 0.1) is 6.92 Å². The standard InChI is InChI=1S/C14H22N6O/c1-11-16-14(18-17-11)12-4-3-6-20(12)10-13-15-5-7-19(13)8-9-21-2/h5,7,12H,3-4,6,8-10H2,1-2H3,(H,16,17,18)/t12-/m1/s1. The molecule has 1 aliphatic rings. The minimum atomic E-state index is 0.294. The van der Waals surface area contributed by atoms with E-state index in [4.69, 9.17) is 4.74 Å². The summed E-state index contributed by atoms with van der Waals surface area (Å²) in [6, 6.07) is 0.294. The molecular weight excluding hydrogens is 268 g/mol. The monoisotopic (exact) mass is 290 g/mol. The lowest BCUT2D eigenvalue weighted by Gasteiger charge is -2.22. The molecule has 0 unspecified atom stereocenters. The van der Waals surface area contributed by atoms with E-state index in [2.05, 4.69) is 29.6 Å². The Balaban J connectivity index is 1.70. The Kier molecular flexibility index (Phi) is 4.31. The van der Waals surface area contributed by atoms with Gasteiger partial charge in [0.25, 0.3) is 0 Å². The summed E-state index contributed by atoms with van der Waals surface area (Å²) in [5.41, 5.74) is 0. The van der Waals surface area contributed by atoms with Crippen LogP contribution in [0.3, 0.4) is 0 Å². The van der Waals surface area contributed by atoms with Crippen LogP contribution in [0.2, 0.25) is 0 Å². The first kappa shape index (κ1) is 14.2. The van der Waals surface area contributed by atoms with Crippen LogP contribution in [0.5, 0.6) is 0 Å². The fraction of sp³-hybridized carbons (Fsp3) is 0.643. The van der Waals surface area contributed by atoms with E-state index in [1.54, 1.807) is 7.11 Å². The van der Waals surface area contributed by atoms with Crippen LogP contribution < -0.4 is 0 Å². The summed E-state index contributed by atoms with van der Waals surface area (Å²) in [5.74, 6) is 2.85. The zero-order chi connectivity index (χ0) is 14.7. The van der Waals surface area contributed by atoms with Crippen molar-refractivity contribution in [2.24, 2.45) is 0 Å². The van der Waals surface area contributed by atoms with E-state index >= 15 is 0 Å². The Morgan fingerprint density at radius 3 is 3.14 bits per heavy atom. The van der Waals surface area contributed by atoms with Gasteiger partial charge in [-0.05, 0) is 26.3 Å². The number of H-pyrrole nitrogens is 1. The molecule has 7 heteroatoms. The Morgan fingerprint density at radius 1 is 1.48 bits per heavy atom. The van der Waals surface area contributed by atoms with Gasteiger partial charge in [-0.25, -0.2) is 9.97 Å². The Hall–Kier alpha value is -1.73. The molecule has 3 rings (SSSR count). The lowest BCUT2D eigenvalue weighted by atomic mass is 10.2. The number of ether oxygens (including phenoxy) is 1. The molecule has 3 heterocycles. The van der Waals surface area contributed by atoms with Crippen LogP contribution in [0.25, 0.3) is 0 Å². The summed E-state index contributed by atoms with van der Waals surface area (Å²) in [4.78, 5) is 11.4. The van der Waals surface area contributed by atoms with Gasteiger partial charge in [0.1, 0.15) is 11.6 Å². The van der Waals surface area contributed by atoms with E-state index in [1.807, 2.05) is 19.3 Å². The second kappa shape index (κ2) is 6.36. The molecule has 21 heavy (non-hydrogen) atoms. The van der Waals surface area contributed by atoms with Crippen LogP contribution in [-0.4, -0.2) is 49.9 Å². The molecule has 0 aliphatic carbocycles. The second-order valence-corrected chi connectivity index (χ2v) is 5.44. The van der Waals surface area contributed by atoms with Crippen molar-refractivity contribution in [3.05, 3.63) is 29.9 Å². The smallest absolute Gasteiger partial charge is 0.167 e. The number of aromatic nitrogens is 5. The number of nitrogens with zero attached hydrogens (tertiary/aromatic N) is 5. The summed E-state index contributed by atoms with van der Waals surface area (Å²) in [6.07, 6.45) is 6.15. The highest BCUT2D eigenvalue weighted by molar-refractivity contribution is 5.01. The van der Waals surface area contributed by atoms with Crippen molar-refractivity contribution in [2.45, 2.75) is 38.9 Å². The third kappa shape index (κ3) is 3.14. The second-order valence-electron chi connectivity index (χ2n) is 5.44. The van der Waals surface area contributed by atoms with Gasteiger partial charge in [0.05, 0.1) is 19.2 Å². The number of methoxy groups -OCH3 is 1. The number of imidazole rings is 1. The number of rotatable bonds is 6. The van der Waals surface area contributed by atoms with Crippen LogP contribution in [-0.2, 0) is 17.8 Å². The average Bonchev–Trinajstić information content (AvgIpc) is 3.18. The van der Waals surface area contributed by atoms with Crippen LogP contribution in [0.4, 0.5) is 0 Å². The van der Waals surface area contributed by atoms with E-state index in [9.17, 15) is 0 Å². The fourth-order valence-corrected chi connectivity index (χ4v) is 2.88. The molecule has 0 bridgehead atoms. The molecule has 1 saturated heterocycles. The van der Waals surface area contributed by atoms with Crippen LogP contribution in [0.1, 0.15) is 36.4 Å². The summed E-state index contributed by atoms with van der Waals surface area (Å²) in [7, 11) is 1.72. The van der Waals surface area contributed by atoms with Crippen molar-refractivity contribution >= 4 is 0 Å². The largest absolute Gasteiger partial charge is 0.383 e. The maximum absolute atomic E-state index is 5.15. The first-order valence-corrected chi connectivity index (χ1v) is 7.40. The first-order chi connectivity index (χ1) is 10.3. The zero-order valence-electron chi connectivity index (χ0n) is 12.6. The van der Waals surface area contributed by atoms with Crippen LogP contribution >= 0.6 is 0 Å². The molecule has 0 aromatic carbocycles. The lowest BCUT2D eigenvalue weighted by molar-refractivity contribution is 0.182. The van der Waals surface area contributed by atoms with Gasteiger partial charge in [-0.2, -0.15) is 5.10 Å². The number of nitrogens with one attached hydrogen (secondary N) is 1. The quantitative estimate of drug-likeness (QED) is 0.868. The lowest BCUT2D eigenvalue weighted by Crippen LogP contribution is -2.25. The molecule has 114 valence electrons. The molecule has 0 radical (unpaired) electrons. The predicted octanol–water partition coefficient (Wildman–Crippen LogP) is 1.29. The minimum Gasteiger partial charge on any atom is -0.383 e. The molecule has 0 saturated carbocycles. The zero-order valence-corrected chi connectivity index (χ0v) is 12.6. The van der Waals surface area contributed by atoms with Gasteiger partial charge in [-0.15, -0.1) is 0 Å². The Morgan fingerprint density at radius 2 is 2.38 bits per heavy atom. The molecule has 1 aliphatic heterocycles. The van der Waals surface area contributed by atoms with E-state index < -0.39 is 0 Å². The fourth-order valence-electron chi connectivity index (χ4n) is 2.88. The predicted molar refractivity (Wildman–Crippen MR) is 77.6 cm³/mol. The Bertz CT molecular complexity index is 578. The maximum Gasteiger partial charge on any atom is 0.167 e. The summed E-state index contributed by atoms with van der Waals surface area (Å²) < 4.78 is 7.30. The van der Waals surface area contributed by atoms with Crippen molar-refractivity contribution in [3.8, 4) is 0 Å². The number of hydrogen-bond acceptors (Lipinski definition) is 5. The van der Waals surface area contributed by atoms with E-state index in [0.29, 0.717) is 12.6 Å². The normalized spacial score (nSPS) is 19.4. The number of hydrogen-bond donors (Lipinski definition) is 1. The van der Waals surface area contributed by atoms with Crippen molar-refractivity contribution in [1.29, 1.82) is 0 Å². The van der Waals surface area contributed by atoms with Crippen molar-refractivity contribution in [3.63, 3.8) is 0 Å². The Labute approximate surface area is 124 Å². The highest BCUT2D eigenvalue weighted by Gasteiger charge is 2.29. The number of aryl methyl sites for hydroxylation is 1. The topological polar surface area (TPSA) is 71.9 Å². The summed E-state index contributed by atoms with van der Waals surface area (Å²) in [6.45, 7) is 5.37. The van der Waals surface area contributed by atoms with Crippen molar-refractivity contribution < 1.29 is 4.74 Å². The molecule has 2 aromatic rings. The highest BCUT2D eigenvalue weighted by Crippen LogP contribution is 2.30. The molecule has 0 spiro atoms. The SMILES string of the molecule is COCCn1ccnc1CN1CCC[C@@H]1c1n[nH]c(C)n1. The average molecular weight is 290 g/mol. The first-order valence-electron chi connectivity index (χ1n) is 7.40. The van der Waals surface area contributed by atoms with Gasteiger partial charge >= 0.3 is 0 Å². The molecule has 2 aromatic heterocycles. The molecule has 1 atom stereocenters. The highest BCUT2D eigenvalue weighted by atomic mass is 16.5. The van der Waals surface area contributed by atoms with E-state index in [1.165, 1.54) is 6.42 Å². The summed E-state index contributed by atoms with van der Waals surface area (Å²) >= 11 is 0. The van der Waals surface area contributed by atoms with Crippen molar-refractivity contribution in [1.82, 2.24) is 29.6 Å². The molecule has 1 fully saturated rings. The molecule has 1 N–H and O–H groups in total. The van der Waals surface area contributed by atoms with Crippen molar-refractivity contribution in [2.75, 3.05) is 20.3 Å². The van der Waals surface area contributed by atoms with Gasteiger partial charge in [0.15, 0.2) is 5.82 Å². The van der Waals surface area contributed by atoms with Gasteiger partial charge in [-0.3, -0.25) is 10.00 Å². The molecular formula is C14H22N6O. The number of aromatic amines is 1. The maximum atomic E-state index is 5.15. The minimum absolute atomic E-state index is 0.294. The molecule has 7 nitrogen and oxygen atoms in total. The molecule has 0 amide bonds. The third-order valence-corrected chi connectivity index (χ3v) is 3.96. The van der Waals surface area contributed by atoms with Crippen LogP contribution in [0.15, 0.2) is 12.4 Å². The van der Waals surface area contributed by atoms with E-state index in [-0.39, 0.29) is 0 Å². The number of likely N-dealkylation sites (tertiary alicyclic amines) is 1. The van der Waals surface area contributed by atoms with Gasteiger partial charge in [0.2, 0.25) is 0 Å². The third-order valence-electron chi connectivity index (χ3n) is 3.96. The van der Waals surface area contributed by atoms with Gasteiger partial charge in [-0.1, -0.05) is 0 Å². The summed E-state index contributed by atoms with van der Waals surface area (Å²) in [5, 5.41) is 7.26.